The van der Waals surface area contributed by atoms with E-state index in [1.54, 1.807) is 6.92 Å². The largest absolute Gasteiger partial charge is 0.368 e. The minimum absolute atomic E-state index is 0.0418. The van der Waals surface area contributed by atoms with Crippen LogP contribution in [0.3, 0.4) is 0 Å². The van der Waals surface area contributed by atoms with E-state index in [1.165, 1.54) is 0 Å². The van der Waals surface area contributed by atoms with E-state index in [0.29, 0.717) is 42.9 Å². The van der Waals surface area contributed by atoms with Crippen molar-refractivity contribution in [3.63, 3.8) is 0 Å². The Morgan fingerprint density at radius 3 is 2.87 bits per heavy atom. The lowest BCUT2D eigenvalue weighted by Gasteiger charge is -2.27. The first kappa shape index (κ1) is 20.1. The van der Waals surface area contributed by atoms with Gasteiger partial charge in [-0.1, -0.05) is 23.7 Å². The molecule has 0 bridgehead atoms. The van der Waals surface area contributed by atoms with E-state index < -0.39 is 0 Å². The molecule has 1 aliphatic rings. The van der Waals surface area contributed by atoms with E-state index in [9.17, 15) is 4.79 Å². The minimum Gasteiger partial charge on any atom is -0.368 e. The van der Waals surface area contributed by atoms with Crippen LogP contribution in [0.2, 0.25) is 5.02 Å². The molecule has 1 saturated heterocycles. The number of anilines is 3. The number of aryl methyl sites for hydroxylation is 1. The number of nitrogens with one attached hydrogen (secondary N) is 2. The van der Waals surface area contributed by atoms with Crippen LogP contribution in [0.25, 0.3) is 10.9 Å². The van der Waals surface area contributed by atoms with Gasteiger partial charge in [0.25, 0.3) is 0 Å². The van der Waals surface area contributed by atoms with Gasteiger partial charge in [0, 0.05) is 37.0 Å². The van der Waals surface area contributed by atoms with Crippen LogP contribution in [0.1, 0.15) is 30.8 Å². The third-order valence-electron chi connectivity index (χ3n) is 4.99. The fraction of sp³-hybridized carbons (Fsp3) is 0.350. The molecule has 1 aliphatic heterocycles. The van der Waals surface area contributed by atoms with Gasteiger partial charge in [0.2, 0.25) is 17.8 Å². The van der Waals surface area contributed by atoms with Gasteiger partial charge in [-0.15, -0.1) is 0 Å². The molecule has 1 fully saturated rings. The summed E-state index contributed by atoms with van der Waals surface area (Å²) in [6.45, 7) is 5.57. The number of rotatable bonds is 4. The van der Waals surface area contributed by atoms with Crippen molar-refractivity contribution in [2.75, 3.05) is 35.6 Å². The normalized spacial score (nSPS) is 15.6. The summed E-state index contributed by atoms with van der Waals surface area (Å²) in [6.07, 6.45) is 0.409. The maximum Gasteiger partial charge on any atom is 0.228 e. The average Bonchev–Trinajstić information content (AvgIpc) is 2.91. The van der Waals surface area contributed by atoms with Crippen LogP contribution >= 0.6 is 11.6 Å². The molecule has 1 amide bonds. The highest BCUT2D eigenvalue weighted by atomic mass is 35.5. The molecule has 156 valence electrons. The van der Waals surface area contributed by atoms with E-state index in [2.05, 4.69) is 36.6 Å². The number of aromatic nitrogens is 4. The Kier molecular flexibility index (Phi) is 5.54. The van der Waals surface area contributed by atoms with Crippen molar-refractivity contribution in [3.05, 3.63) is 40.7 Å². The first-order valence-corrected chi connectivity index (χ1v) is 10.1. The number of nitrogens with zero attached hydrogens (tertiary/aromatic N) is 5. The molecule has 9 nitrogen and oxygen atoms in total. The number of nitrogen functional groups attached to an aromatic ring is 1. The predicted molar refractivity (Wildman–Crippen MR) is 118 cm³/mol. The van der Waals surface area contributed by atoms with Gasteiger partial charge in [0.15, 0.2) is 0 Å². The molecule has 30 heavy (non-hydrogen) atoms. The van der Waals surface area contributed by atoms with Crippen LogP contribution in [0.5, 0.6) is 0 Å². The number of fused-ring (bicyclic) bond motifs is 1. The van der Waals surface area contributed by atoms with Crippen LogP contribution in [0, 0.1) is 6.92 Å². The Morgan fingerprint density at radius 2 is 2.07 bits per heavy atom. The molecule has 0 aliphatic carbocycles. The molecular weight excluding hydrogens is 404 g/mol. The second kappa shape index (κ2) is 8.27. The van der Waals surface area contributed by atoms with Crippen LogP contribution in [0.4, 0.5) is 17.7 Å². The van der Waals surface area contributed by atoms with Gasteiger partial charge in [0.05, 0.1) is 16.6 Å². The summed E-state index contributed by atoms with van der Waals surface area (Å²) in [7, 11) is 0. The average molecular weight is 427 g/mol. The summed E-state index contributed by atoms with van der Waals surface area (Å²) in [6, 6.07) is 7.60. The number of hydrogen-bond donors (Lipinski definition) is 3. The summed E-state index contributed by atoms with van der Waals surface area (Å²) in [5.74, 6) is 1.93. The molecule has 2 aromatic heterocycles. The molecule has 4 N–H and O–H groups in total. The first-order valence-electron chi connectivity index (χ1n) is 9.76. The van der Waals surface area contributed by atoms with Crippen molar-refractivity contribution in [2.45, 2.75) is 26.3 Å². The maximum atomic E-state index is 11.8. The molecule has 3 heterocycles. The van der Waals surface area contributed by atoms with Gasteiger partial charge in [-0.25, -0.2) is 4.98 Å². The zero-order valence-electron chi connectivity index (χ0n) is 16.8. The topological polar surface area (TPSA) is 122 Å². The van der Waals surface area contributed by atoms with Crippen LogP contribution in [-0.4, -0.2) is 45.5 Å². The summed E-state index contributed by atoms with van der Waals surface area (Å²) >= 11 is 6.42. The smallest absolute Gasteiger partial charge is 0.228 e. The number of hydrogen-bond acceptors (Lipinski definition) is 8. The SMILES string of the molecule is Cc1nc(N)nc(N[C@@H](C)c2cc3cccc(Cl)c3nc2N2CCNC(=O)CC2)n1. The zero-order chi connectivity index (χ0) is 21.3. The standard InChI is InChI=1S/C20H23ClN8O/c1-11(24-20-26-12(2)25-19(22)28-20)14-10-13-4-3-5-15(21)17(13)27-18(14)29-8-6-16(30)23-7-9-29/h3-5,10-11H,6-9H2,1-2H3,(H,23,30)(H3,22,24,25,26,28)/t11-/m0/s1. The fourth-order valence-electron chi connectivity index (χ4n) is 3.56. The molecule has 0 saturated carbocycles. The predicted octanol–water partition coefficient (Wildman–Crippen LogP) is 2.46. The van der Waals surface area contributed by atoms with Crippen molar-refractivity contribution >= 4 is 46.1 Å². The maximum absolute atomic E-state index is 11.8. The van der Waals surface area contributed by atoms with Crippen molar-refractivity contribution in [2.24, 2.45) is 0 Å². The lowest BCUT2D eigenvalue weighted by atomic mass is 10.1. The zero-order valence-corrected chi connectivity index (χ0v) is 17.6. The van der Waals surface area contributed by atoms with E-state index in [4.69, 9.17) is 22.3 Å². The highest BCUT2D eigenvalue weighted by Gasteiger charge is 2.22. The van der Waals surface area contributed by atoms with Crippen molar-refractivity contribution in [1.29, 1.82) is 0 Å². The highest BCUT2D eigenvalue weighted by Crippen LogP contribution is 2.33. The van der Waals surface area contributed by atoms with Crippen molar-refractivity contribution in [1.82, 2.24) is 25.3 Å². The second-order valence-corrected chi connectivity index (χ2v) is 7.64. The number of amides is 1. The molecule has 0 spiro atoms. The third kappa shape index (κ3) is 4.20. The van der Waals surface area contributed by atoms with E-state index in [0.717, 1.165) is 22.3 Å². The molecule has 10 heteroatoms. The third-order valence-corrected chi connectivity index (χ3v) is 5.30. The van der Waals surface area contributed by atoms with Crippen LogP contribution in [0.15, 0.2) is 24.3 Å². The van der Waals surface area contributed by atoms with Gasteiger partial charge >= 0.3 is 0 Å². The number of carbonyl (C=O) groups is 1. The minimum atomic E-state index is -0.177. The van der Waals surface area contributed by atoms with Crippen LogP contribution in [-0.2, 0) is 4.79 Å². The highest BCUT2D eigenvalue weighted by molar-refractivity contribution is 6.35. The van der Waals surface area contributed by atoms with Gasteiger partial charge in [-0.3, -0.25) is 4.79 Å². The lowest BCUT2D eigenvalue weighted by Crippen LogP contribution is -2.30. The number of carbonyl (C=O) groups excluding carboxylic acids is 1. The molecule has 1 atom stereocenters. The molecular formula is C20H23ClN8O. The number of nitrogens with two attached hydrogens (primary N) is 1. The van der Waals surface area contributed by atoms with E-state index >= 15 is 0 Å². The lowest BCUT2D eigenvalue weighted by molar-refractivity contribution is -0.120. The van der Waals surface area contributed by atoms with E-state index in [1.807, 2.05) is 25.1 Å². The van der Waals surface area contributed by atoms with Gasteiger partial charge in [-0.05, 0) is 26.0 Å². The molecule has 0 radical (unpaired) electrons. The summed E-state index contributed by atoms with van der Waals surface area (Å²) in [5.41, 5.74) is 7.45. The number of pyridine rings is 1. The quantitative estimate of drug-likeness (QED) is 0.581. The monoisotopic (exact) mass is 426 g/mol. The van der Waals surface area contributed by atoms with Crippen molar-refractivity contribution < 1.29 is 4.79 Å². The molecule has 4 rings (SSSR count). The molecule has 0 unspecified atom stereocenters. The number of benzene rings is 1. The Balaban J connectivity index is 1.77. The van der Waals surface area contributed by atoms with E-state index in [-0.39, 0.29) is 17.9 Å². The van der Waals surface area contributed by atoms with Gasteiger partial charge in [-0.2, -0.15) is 15.0 Å². The Bertz CT molecular complexity index is 1090. The Morgan fingerprint density at radius 1 is 1.23 bits per heavy atom. The number of para-hydroxylation sites is 1. The van der Waals surface area contributed by atoms with Crippen LogP contribution < -0.4 is 21.3 Å². The van der Waals surface area contributed by atoms with Gasteiger partial charge in [0.1, 0.15) is 11.6 Å². The summed E-state index contributed by atoms with van der Waals surface area (Å²) < 4.78 is 0. The number of halogens is 1. The van der Waals surface area contributed by atoms with Crippen molar-refractivity contribution in [3.8, 4) is 0 Å². The summed E-state index contributed by atoms with van der Waals surface area (Å²) in [4.78, 5) is 31.3. The summed E-state index contributed by atoms with van der Waals surface area (Å²) in [5, 5.41) is 7.73. The Labute approximate surface area is 179 Å². The van der Waals surface area contributed by atoms with Gasteiger partial charge < -0.3 is 21.3 Å². The first-order chi connectivity index (χ1) is 14.4. The molecule has 3 aromatic rings. The fourth-order valence-corrected chi connectivity index (χ4v) is 3.78. The second-order valence-electron chi connectivity index (χ2n) is 7.23. The molecule has 1 aromatic carbocycles. The Hall–Kier alpha value is -3.20.